The van der Waals surface area contributed by atoms with Crippen LogP contribution in [0.1, 0.15) is 20.3 Å². The second-order valence-corrected chi connectivity index (χ2v) is 9.66. The van der Waals surface area contributed by atoms with Gasteiger partial charge in [0.25, 0.3) is 0 Å². The molecule has 2 atom stereocenters. The van der Waals surface area contributed by atoms with Gasteiger partial charge in [-0.2, -0.15) is 4.31 Å². The van der Waals surface area contributed by atoms with Gasteiger partial charge in [0, 0.05) is 24.5 Å². The summed E-state index contributed by atoms with van der Waals surface area (Å²) in [6.07, 6.45) is 1.05. The quantitative estimate of drug-likeness (QED) is 0.700. The molecule has 1 aliphatic rings. The van der Waals surface area contributed by atoms with Gasteiger partial charge < -0.3 is 10.4 Å². The van der Waals surface area contributed by atoms with Gasteiger partial charge in [0.05, 0.1) is 17.3 Å². The molecular formula is C17H26N2O4S2. The van der Waals surface area contributed by atoms with E-state index in [4.69, 9.17) is 5.11 Å². The Bertz CT molecular complexity index is 666. The van der Waals surface area contributed by atoms with Gasteiger partial charge in [0.2, 0.25) is 15.9 Å². The van der Waals surface area contributed by atoms with Crippen LogP contribution in [0, 0.1) is 11.8 Å². The van der Waals surface area contributed by atoms with E-state index in [1.165, 1.54) is 23.9 Å². The van der Waals surface area contributed by atoms with Crippen LogP contribution in [0.2, 0.25) is 0 Å². The highest BCUT2D eigenvalue weighted by Crippen LogP contribution is 2.27. The number of aliphatic hydroxyl groups is 1. The second-order valence-electron chi connectivity index (χ2n) is 6.62. The summed E-state index contributed by atoms with van der Waals surface area (Å²) in [7, 11) is -3.50. The van der Waals surface area contributed by atoms with Crippen LogP contribution in [0.25, 0.3) is 0 Å². The van der Waals surface area contributed by atoms with E-state index in [0.717, 1.165) is 6.42 Å². The Morgan fingerprint density at radius 3 is 2.40 bits per heavy atom. The SMILES string of the molecule is C[C@@H]1C[C@H](C)CN(S(=O)(=O)c2ccc(NC(=O)CSCCO)cc2)C1. The third kappa shape index (κ3) is 5.70. The fourth-order valence-corrected chi connectivity index (χ4v) is 5.30. The van der Waals surface area contributed by atoms with E-state index in [9.17, 15) is 13.2 Å². The molecule has 0 aliphatic carbocycles. The minimum atomic E-state index is -3.50. The molecule has 2 rings (SSSR count). The van der Waals surface area contributed by atoms with Crippen molar-refractivity contribution in [1.82, 2.24) is 4.31 Å². The number of rotatable bonds is 7. The first-order valence-corrected chi connectivity index (χ1v) is 11.0. The first kappa shape index (κ1) is 20.2. The lowest BCUT2D eigenvalue weighted by molar-refractivity contribution is -0.113. The van der Waals surface area contributed by atoms with Gasteiger partial charge in [-0.1, -0.05) is 13.8 Å². The van der Waals surface area contributed by atoms with Crippen LogP contribution in [0.4, 0.5) is 5.69 Å². The lowest BCUT2D eigenvalue weighted by atomic mass is 9.94. The molecule has 1 aromatic rings. The molecular weight excluding hydrogens is 360 g/mol. The fourth-order valence-electron chi connectivity index (χ4n) is 3.09. The molecule has 0 radical (unpaired) electrons. The minimum absolute atomic E-state index is 0.0399. The molecule has 140 valence electrons. The van der Waals surface area contributed by atoms with Gasteiger partial charge >= 0.3 is 0 Å². The number of thioether (sulfide) groups is 1. The van der Waals surface area contributed by atoms with Crippen LogP contribution in [0.15, 0.2) is 29.2 Å². The summed E-state index contributed by atoms with van der Waals surface area (Å²) < 4.78 is 27.2. The maximum atomic E-state index is 12.8. The zero-order valence-corrected chi connectivity index (χ0v) is 16.3. The summed E-state index contributed by atoms with van der Waals surface area (Å²) in [6, 6.07) is 6.29. The highest BCUT2D eigenvalue weighted by Gasteiger charge is 2.31. The number of amides is 1. The van der Waals surface area contributed by atoms with Crippen LogP contribution < -0.4 is 5.32 Å². The maximum absolute atomic E-state index is 12.8. The van der Waals surface area contributed by atoms with Gasteiger partial charge in [-0.15, -0.1) is 11.8 Å². The summed E-state index contributed by atoms with van der Waals surface area (Å²) in [4.78, 5) is 12.0. The molecule has 0 unspecified atom stereocenters. The largest absolute Gasteiger partial charge is 0.396 e. The van der Waals surface area contributed by atoms with Crippen molar-refractivity contribution >= 4 is 33.4 Å². The monoisotopic (exact) mass is 386 g/mol. The van der Waals surface area contributed by atoms with Crippen molar-refractivity contribution in [3.05, 3.63) is 24.3 Å². The lowest BCUT2D eigenvalue weighted by Crippen LogP contribution is -2.42. The molecule has 6 nitrogen and oxygen atoms in total. The number of nitrogens with one attached hydrogen (secondary N) is 1. The normalized spacial score (nSPS) is 21.9. The first-order valence-electron chi connectivity index (χ1n) is 8.41. The van der Waals surface area contributed by atoms with Crippen molar-refractivity contribution in [2.75, 3.05) is 36.5 Å². The van der Waals surface area contributed by atoms with E-state index in [2.05, 4.69) is 19.2 Å². The topological polar surface area (TPSA) is 86.7 Å². The molecule has 1 fully saturated rings. The summed E-state index contributed by atoms with van der Waals surface area (Å²) in [5.74, 6) is 1.30. The van der Waals surface area contributed by atoms with E-state index in [1.54, 1.807) is 16.4 Å². The van der Waals surface area contributed by atoms with Crippen molar-refractivity contribution in [3.8, 4) is 0 Å². The van der Waals surface area contributed by atoms with Gasteiger partial charge in [-0.05, 0) is 42.5 Å². The fraction of sp³-hybridized carbons (Fsp3) is 0.588. The van der Waals surface area contributed by atoms with Crippen molar-refractivity contribution < 1.29 is 18.3 Å². The Labute approximate surface area is 154 Å². The van der Waals surface area contributed by atoms with E-state index in [1.807, 2.05) is 0 Å². The van der Waals surface area contributed by atoms with Gasteiger partial charge in [-0.3, -0.25) is 4.79 Å². The average Bonchev–Trinajstić information content (AvgIpc) is 2.54. The third-order valence-corrected chi connectivity index (χ3v) is 6.86. The highest BCUT2D eigenvalue weighted by atomic mass is 32.2. The smallest absolute Gasteiger partial charge is 0.243 e. The molecule has 0 aromatic heterocycles. The predicted octanol–water partition coefficient (Wildman–Crippen LogP) is 2.02. The van der Waals surface area contributed by atoms with Crippen molar-refractivity contribution in [3.63, 3.8) is 0 Å². The molecule has 1 aromatic carbocycles. The summed E-state index contributed by atoms with van der Waals surface area (Å²) in [6.45, 7) is 5.29. The van der Waals surface area contributed by atoms with Crippen molar-refractivity contribution in [2.45, 2.75) is 25.2 Å². The standard InChI is InChI=1S/C17H26N2O4S2/c1-13-9-14(2)11-19(10-13)25(22,23)16-5-3-15(4-6-16)18-17(21)12-24-8-7-20/h3-6,13-14,20H,7-12H2,1-2H3,(H,18,21)/t13-,14+. The Balaban J connectivity index is 2.02. The first-order chi connectivity index (χ1) is 11.8. The van der Waals surface area contributed by atoms with Gasteiger partial charge in [-0.25, -0.2) is 8.42 Å². The van der Waals surface area contributed by atoms with E-state index < -0.39 is 10.0 Å². The number of anilines is 1. The molecule has 1 saturated heterocycles. The number of sulfonamides is 1. The highest BCUT2D eigenvalue weighted by molar-refractivity contribution is 7.99. The Hall–Kier alpha value is -1.09. The molecule has 25 heavy (non-hydrogen) atoms. The van der Waals surface area contributed by atoms with Crippen LogP contribution in [0.3, 0.4) is 0 Å². The number of hydrogen-bond acceptors (Lipinski definition) is 5. The number of hydrogen-bond donors (Lipinski definition) is 2. The van der Waals surface area contributed by atoms with E-state index in [-0.39, 0.29) is 23.2 Å². The molecule has 2 N–H and O–H groups in total. The molecule has 0 bridgehead atoms. The molecule has 0 spiro atoms. The average molecular weight is 387 g/mol. The minimum Gasteiger partial charge on any atom is -0.396 e. The molecule has 8 heteroatoms. The van der Waals surface area contributed by atoms with Crippen LogP contribution >= 0.6 is 11.8 Å². The van der Waals surface area contributed by atoms with Crippen LogP contribution in [-0.4, -0.2) is 54.9 Å². The Kier molecular flexibility index (Phi) is 7.30. The Morgan fingerprint density at radius 1 is 1.24 bits per heavy atom. The van der Waals surface area contributed by atoms with E-state index >= 15 is 0 Å². The van der Waals surface area contributed by atoms with Crippen molar-refractivity contribution in [1.29, 1.82) is 0 Å². The number of benzene rings is 1. The van der Waals surface area contributed by atoms with Gasteiger partial charge in [0.1, 0.15) is 0 Å². The molecule has 1 aliphatic heterocycles. The van der Waals surface area contributed by atoms with Crippen LogP contribution in [-0.2, 0) is 14.8 Å². The van der Waals surface area contributed by atoms with E-state index in [0.29, 0.717) is 36.4 Å². The number of nitrogens with zero attached hydrogens (tertiary/aromatic N) is 1. The lowest BCUT2D eigenvalue weighted by Gasteiger charge is -2.34. The number of aliphatic hydroxyl groups excluding tert-OH is 1. The zero-order valence-electron chi connectivity index (χ0n) is 14.6. The number of carbonyl (C=O) groups excluding carboxylic acids is 1. The molecule has 1 heterocycles. The van der Waals surface area contributed by atoms with Gasteiger partial charge in [0.15, 0.2) is 0 Å². The summed E-state index contributed by atoms with van der Waals surface area (Å²) >= 11 is 1.34. The molecule has 1 amide bonds. The third-order valence-electron chi connectivity index (χ3n) is 4.08. The summed E-state index contributed by atoms with van der Waals surface area (Å²) in [5.41, 5.74) is 0.564. The summed E-state index contributed by atoms with van der Waals surface area (Å²) in [5, 5.41) is 11.4. The maximum Gasteiger partial charge on any atom is 0.243 e. The molecule has 0 saturated carbocycles. The van der Waals surface area contributed by atoms with Crippen LogP contribution in [0.5, 0.6) is 0 Å². The predicted molar refractivity (Wildman–Crippen MR) is 101 cm³/mol. The zero-order chi connectivity index (χ0) is 18.4. The second kappa shape index (κ2) is 9.02. The van der Waals surface area contributed by atoms with Crippen molar-refractivity contribution in [2.24, 2.45) is 11.8 Å². The number of piperidine rings is 1. The Morgan fingerprint density at radius 2 is 1.84 bits per heavy atom. The number of carbonyl (C=O) groups is 1.